The fourth-order valence-corrected chi connectivity index (χ4v) is 9.38. The lowest BCUT2D eigenvalue weighted by Crippen LogP contribution is -2.57. The molecule has 0 radical (unpaired) electrons. The lowest BCUT2D eigenvalue weighted by molar-refractivity contribution is -0.142. The van der Waals surface area contributed by atoms with Gasteiger partial charge in [-0.2, -0.15) is 0 Å². The summed E-state index contributed by atoms with van der Waals surface area (Å²) in [4.78, 5) is 48.9. The first-order valence-electron chi connectivity index (χ1n) is 15.3. The van der Waals surface area contributed by atoms with Crippen LogP contribution in [0.5, 0.6) is 5.75 Å². The quantitative estimate of drug-likeness (QED) is 0.413. The smallest absolute Gasteiger partial charge is 0.251 e. The summed E-state index contributed by atoms with van der Waals surface area (Å²) >= 11 is 7.69. The summed E-state index contributed by atoms with van der Waals surface area (Å²) in [6, 6.07) is 13.1. The molecular formula is C34H38ClN3O5S. The van der Waals surface area contributed by atoms with Crippen molar-refractivity contribution in [2.45, 2.75) is 49.3 Å². The van der Waals surface area contributed by atoms with Crippen molar-refractivity contribution in [1.82, 2.24) is 4.90 Å². The Morgan fingerprint density at radius 3 is 2.23 bits per heavy atom. The van der Waals surface area contributed by atoms with Crippen LogP contribution in [-0.4, -0.2) is 76.1 Å². The molecule has 0 aliphatic carbocycles. The molecule has 4 heterocycles. The van der Waals surface area contributed by atoms with Crippen LogP contribution in [0.15, 0.2) is 72.8 Å². The zero-order chi connectivity index (χ0) is 31.2. The van der Waals surface area contributed by atoms with Gasteiger partial charge in [-0.15, -0.1) is 11.8 Å². The largest absolute Gasteiger partial charge is 0.494 e. The molecule has 6 atom stereocenters. The minimum atomic E-state index is -0.975. The molecule has 3 amide bonds. The predicted molar refractivity (Wildman–Crippen MR) is 174 cm³/mol. The number of rotatable bonds is 8. The maximum absolute atomic E-state index is 14.7. The second kappa shape index (κ2) is 12.3. The number of ether oxygens (including phenoxy) is 1. The summed E-state index contributed by atoms with van der Waals surface area (Å²) in [5.74, 6) is -1.16. The standard InChI is InChI=1S/C34H38ClN3O5S/c1-4-43-26-14-12-24(13-15-26)36-17-5-7-27-28(31(36)40)29-32(41)38(25(20-39)19-21(2)3)30-33(42)37(18-6-16-34(29,30)44-27)23-10-8-22(35)9-11-23/h5-16,21,25,27-30,39H,4,17-20H2,1-3H3/t25-,27+,28-,29+,30?,34+/m1/s1. The Balaban J connectivity index is 1.43. The number of anilines is 2. The summed E-state index contributed by atoms with van der Waals surface area (Å²) in [5.41, 5.74) is 1.40. The zero-order valence-electron chi connectivity index (χ0n) is 25.1. The van der Waals surface area contributed by atoms with Gasteiger partial charge in [-0.05, 0) is 67.8 Å². The van der Waals surface area contributed by atoms with Crippen LogP contribution in [0.2, 0.25) is 5.02 Å². The van der Waals surface area contributed by atoms with Crippen LogP contribution in [0.1, 0.15) is 27.2 Å². The summed E-state index contributed by atoms with van der Waals surface area (Å²) in [6.07, 6.45) is 8.49. The molecule has 2 fully saturated rings. The molecule has 0 saturated carbocycles. The Labute approximate surface area is 267 Å². The van der Waals surface area contributed by atoms with Crippen LogP contribution in [0.25, 0.3) is 0 Å². The third kappa shape index (κ3) is 5.12. The molecule has 1 unspecified atom stereocenters. The lowest BCUT2D eigenvalue weighted by atomic mass is 9.78. The van der Waals surface area contributed by atoms with Gasteiger partial charge in [0.25, 0.3) is 5.91 Å². The minimum absolute atomic E-state index is 0.142. The van der Waals surface area contributed by atoms with E-state index in [1.807, 2.05) is 69.3 Å². The molecule has 4 aliphatic heterocycles. The fraction of sp³-hybridized carbons (Fsp3) is 0.441. The number of amides is 3. The van der Waals surface area contributed by atoms with Crippen molar-refractivity contribution < 1.29 is 24.2 Å². The maximum atomic E-state index is 14.7. The minimum Gasteiger partial charge on any atom is -0.494 e. The van der Waals surface area contributed by atoms with Gasteiger partial charge in [0.2, 0.25) is 11.8 Å². The number of fused-ring (bicyclic) bond motifs is 2. The van der Waals surface area contributed by atoms with E-state index in [9.17, 15) is 19.5 Å². The first-order valence-corrected chi connectivity index (χ1v) is 16.5. The molecule has 10 heteroatoms. The molecule has 6 rings (SSSR count). The van der Waals surface area contributed by atoms with E-state index in [2.05, 4.69) is 0 Å². The Kier molecular flexibility index (Phi) is 8.56. The molecule has 2 saturated heterocycles. The molecule has 44 heavy (non-hydrogen) atoms. The first-order chi connectivity index (χ1) is 21.2. The predicted octanol–water partition coefficient (Wildman–Crippen LogP) is 4.95. The van der Waals surface area contributed by atoms with E-state index in [1.54, 1.807) is 39.0 Å². The molecule has 1 spiro atoms. The van der Waals surface area contributed by atoms with Crippen LogP contribution >= 0.6 is 23.4 Å². The van der Waals surface area contributed by atoms with Crippen LogP contribution in [0.4, 0.5) is 11.4 Å². The van der Waals surface area contributed by atoms with Crippen molar-refractivity contribution in [2.24, 2.45) is 17.8 Å². The van der Waals surface area contributed by atoms with Crippen LogP contribution in [-0.2, 0) is 14.4 Å². The van der Waals surface area contributed by atoms with Gasteiger partial charge in [0, 0.05) is 34.7 Å². The lowest BCUT2D eigenvalue weighted by Gasteiger charge is -2.39. The second-order valence-electron chi connectivity index (χ2n) is 12.2. The number of aliphatic hydroxyl groups excluding tert-OH is 1. The van der Waals surface area contributed by atoms with Crippen molar-refractivity contribution in [3.63, 3.8) is 0 Å². The van der Waals surface area contributed by atoms with E-state index < -0.39 is 28.7 Å². The molecule has 232 valence electrons. The van der Waals surface area contributed by atoms with E-state index >= 15 is 0 Å². The topological polar surface area (TPSA) is 90.4 Å². The van der Waals surface area contributed by atoms with Crippen molar-refractivity contribution in [2.75, 3.05) is 36.1 Å². The third-order valence-corrected chi connectivity index (χ3v) is 11.0. The number of benzene rings is 2. The SMILES string of the molecule is CCOc1ccc(N2CC=C[C@@H]3S[C@]45C=CCN(c6ccc(Cl)cc6)C(=O)C4N([C@@H](CO)CC(C)C)C(=O)[C@@H]5[C@@H]3C2=O)cc1. The summed E-state index contributed by atoms with van der Waals surface area (Å²) in [6.45, 7) is 6.96. The van der Waals surface area contributed by atoms with Crippen LogP contribution in [0.3, 0.4) is 0 Å². The van der Waals surface area contributed by atoms with Gasteiger partial charge in [0.1, 0.15) is 11.8 Å². The molecule has 4 aliphatic rings. The zero-order valence-corrected chi connectivity index (χ0v) is 26.7. The van der Waals surface area contributed by atoms with Gasteiger partial charge in [-0.25, -0.2) is 0 Å². The van der Waals surface area contributed by atoms with E-state index in [4.69, 9.17) is 16.3 Å². The third-order valence-electron chi connectivity index (χ3n) is 9.04. The highest BCUT2D eigenvalue weighted by atomic mass is 35.5. The van der Waals surface area contributed by atoms with Crippen LogP contribution < -0.4 is 14.5 Å². The highest BCUT2D eigenvalue weighted by Crippen LogP contribution is 2.61. The van der Waals surface area contributed by atoms with E-state index in [1.165, 1.54) is 11.8 Å². The number of carbonyl (C=O) groups excluding carboxylic acids is 3. The molecule has 0 bridgehead atoms. The van der Waals surface area contributed by atoms with E-state index in [-0.39, 0.29) is 35.5 Å². The van der Waals surface area contributed by atoms with Crippen molar-refractivity contribution in [3.8, 4) is 5.75 Å². The number of aliphatic hydroxyl groups is 1. The second-order valence-corrected chi connectivity index (χ2v) is 14.1. The van der Waals surface area contributed by atoms with Gasteiger partial charge in [0.05, 0.1) is 35.8 Å². The number of nitrogens with zero attached hydrogens (tertiary/aromatic N) is 3. The number of carbonyl (C=O) groups is 3. The molecular weight excluding hydrogens is 598 g/mol. The Hall–Kier alpha value is -3.27. The maximum Gasteiger partial charge on any atom is 0.251 e. The summed E-state index contributed by atoms with van der Waals surface area (Å²) in [7, 11) is 0. The highest BCUT2D eigenvalue weighted by Gasteiger charge is 2.71. The van der Waals surface area contributed by atoms with E-state index in [0.717, 1.165) is 11.4 Å². The molecule has 2 aromatic rings. The fourth-order valence-electron chi connectivity index (χ4n) is 7.26. The van der Waals surface area contributed by atoms with Gasteiger partial charge in [0.15, 0.2) is 0 Å². The number of thioether (sulfide) groups is 1. The molecule has 2 aromatic carbocycles. The van der Waals surface area contributed by atoms with E-state index in [0.29, 0.717) is 36.8 Å². The number of hydrogen-bond donors (Lipinski definition) is 1. The highest BCUT2D eigenvalue weighted by molar-refractivity contribution is 8.02. The molecule has 0 aromatic heterocycles. The normalized spacial score (nSPS) is 28.6. The van der Waals surface area contributed by atoms with Crippen LogP contribution in [0, 0.1) is 17.8 Å². The Morgan fingerprint density at radius 1 is 0.955 bits per heavy atom. The van der Waals surface area contributed by atoms with Crippen molar-refractivity contribution in [1.29, 1.82) is 0 Å². The van der Waals surface area contributed by atoms with Gasteiger partial charge in [-0.3, -0.25) is 14.4 Å². The monoisotopic (exact) mass is 635 g/mol. The summed E-state index contributed by atoms with van der Waals surface area (Å²) in [5, 5.41) is 10.9. The van der Waals surface area contributed by atoms with Gasteiger partial charge >= 0.3 is 0 Å². The Morgan fingerprint density at radius 2 is 1.59 bits per heavy atom. The number of halogens is 1. The molecule has 1 N–H and O–H groups in total. The Bertz CT molecular complexity index is 1480. The van der Waals surface area contributed by atoms with Crippen molar-refractivity contribution in [3.05, 3.63) is 77.9 Å². The molecule has 8 nitrogen and oxygen atoms in total. The number of hydrogen-bond acceptors (Lipinski definition) is 6. The summed E-state index contributed by atoms with van der Waals surface area (Å²) < 4.78 is 4.62. The average Bonchev–Trinajstić information content (AvgIpc) is 3.32. The average molecular weight is 636 g/mol. The number of likely N-dealkylation sites (tertiary alicyclic amines) is 1. The van der Waals surface area contributed by atoms with Gasteiger partial charge in [-0.1, -0.05) is 49.8 Å². The van der Waals surface area contributed by atoms with Gasteiger partial charge < -0.3 is 24.5 Å². The van der Waals surface area contributed by atoms with Crippen molar-refractivity contribution >= 4 is 52.5 Å². The first kappa shape index (κ1) is 30.7.